The lowest BCUT2D eigenvalue weighted by molar-refractivity contribution is 0.0600. The SMILES string of the molecule is COC(=O)c1ccc(Cc2cc(C)ccc2C)cc1. The fourth-order valence-corrected chi connectivity index (χ4v) is 2.09. The molecule has 0 fully saturated rings. The molecule has 2 rings (SSSR count). The number of rotatable bonds is 3. The minimum absolute atomic E-state index is 0.293. The van der Waals surface area contributed by atoms with Crippen LogP contribution in [-0.2, 0) is 11.2 Å². The summed E-state index contributed by atoms with van der Waals surface area (Å²) >= 11 is 0. The predicted octanol–water partition coefficient (Wildman–Crippen LogP) is 3.68. The number of hydrogen-bond acceptors (Lipinski definition) is 2. The summed E-state index contributed by atoms with van der Waals surface area (Å²) in [5.41, 5.74) is 5.67. The third-order valence-corrected chi connectivity index (χ3v) is 3.27. The standard InChI is InChI=1S/C17H18O2/c1-12-4-5-13(2)16(10-12)11-14-6-8-15(9-7-14)17(18)19-3/h4-10H,11H2,1-3H3. The molecule has 2 aromatic carbocycles. The highest BCUT2D eigenvalue weighted by Gasteiger charge is 2.05. The first-order valence-electron chi connectivity index (χ1n) is 6.33. The molecule has 2 heteroatoms. The van der Waals surface area contributed by atoms with Crippen molar-refractivity contribution >= 4 is 5.97 Å². The summed E-state index contributed by atoms with van der Waals surface area (Å²) in [4.78, 5) is 11.4. The number of hydrogen-bond donors (Lipinski definition) is 0. The van der Waals surface area contributed by atoms with Gasteiger partial charge in [0, 0.05) is 0 Å². The summed E-state index contributed by atoms with van der Waals surface area (Å²) in [6.45, 7) is 4.22. The van der Waals surface area contributed by atoms with Gasteiger partial charge in [-0.15, -0.1) is 0 Å². The first-order valence-corrected chi connectivity index (χ1v) is 6.33. The Morgan fingerprint density at radius 3 is 2.37 bits per heavy atom. The van der Waals surface area contributed by atoms with Crippen molar-refractivity contribution in [2.45, 2.75) is 20.3 Å². The van der Waals surface area contributed by atoms with Gasteiger partial charge in [0.05, 0.1) is 12.7 Å². The van der Waals surface area contributed by atoms with Crippen molar-refractivity contribution in [3.05, 3.63) is 70.3 Å². The maximum atomic E-state index is 11.4. The van der Waals surface area contributed by atoms with E-state index < -0.39 is 0 Å². The minimum atomic E-state index is -0.293. The van der Waals surface area contributed by atoms with Crippen LogP contribution in [0.5, 0.6) is 0 Å². The van der Waals surface area contributed by atoms with Gasteiger partial charge < -0.3 is 4.74 Å². The first kappa shape index (κ1) is 13.3. The first-order chi connectivity index (χ1) is 9.10. The molecule has 0 amide bonds. The van der Waals surface area contributed by atoms with Gasteiger partial charge in [-0.3, -0.25) is 0 Å². The number of benzene rings is 2. The van der Waals surface area contributed by atoms with E-state index in [1.165, 1.54) is 29.4 Å². The fourth-order valence-electron chi connectivity index (χ4n) is 2.09. The normalized spacial score (nSPS) is 10.3. The number of ether oxygens (including phenoxy) is 1. The molecular weight excluding hydrogens is 236 g/mol. The van der Waals surface area contributed by atoms with E-state index in [2.05, 4.69) is 32.0 Å². The molecular formula is C17H18O2. The number of esters is 1. The zero-order valence-corrected chi connectivity index (χ0v) is 11.6. The molecule has 0 aliphatic heterocycles. The van der Waals surface area contributed by atoms with E-state index in [9.17, 15) is 4.79 Å². The van der Waals surface area contributed by atoms with Crippen LogP contribution >= 0.6 is 0 Å². The Bertz CT molecular complexity index is 583. The molecule has 0 spiro atoms. The third kappa shape index (κ3) is 3.22. The Labute approximate surface area is 114 Å². The highest BCUT2D eigenvalue weighted by molar-refractivity contribution is 5.89. The summed E-state index contributed by atoms with van der Waals surface area (Å²) in [5, 5.41) is 0. The molecule has 19 heavy (non-hydrogen) atoms. The average Bonchev–Trinajstić information content (AvgIpc) is 2.43. The third-order valence-electron chi connectivity index (χ3n) is 3.27. The van der Waals surface area contributed by atoms with Crippen molar-refractivity contribution in [1.29, 1.82) is 0 Å². The van der Waals surface area contributed by atoms with E-state index in [4.69, 9.17) is 4.74 Å². The number of carbonyl (C=O) groups excluding carboxylic acids is 1. The number of aryl methyl sites for hydroxylation is 2. The van der Waals surface area contributed by atoms with E-state index in [1.807, 2.05) is 24.3 Å². The Morgan fingerprint density at radius 1 is 1.05 bits per heavy atom. The quantitative estimate of drug-likeness (QED) is 0.781. The fraction of sp³-hybridized carbons (Fsp3) is 0.235. The summed E-state index contributed by atoms with van der Waals surface area (Å²) < 4.78 is 4.69. The largest absolute Gasteiger partial charge is 0.465 e. The molecule has 0 atom stereocenters. The Kier molecular flexibility index (Phi) is 4.00. The molecule has 98 valence electrons. The molecule has 0 N–H and O–H groups in total. The maximum Gasteiger partial charge on any atom is 0.337 e. The van der Waals surface area contributed by atoms with Gasteiger partial charge in [0.25, 0.3) is 0 Å². The maximum absolute atomic E-state index is 11.4. The highest BCUT2D eigenvalue weighted by Crippen LogP contribution is 2.16. The summed E-state index contributed by atoms with van der Waals surface area (Å²) in [6, 6.07) is 14.1. The van der Waals surface area contributed by atoms with Gasteiger partial charge in [-0.05, 0) is 49.1 Å². The van der Waals surface area contributed by atoms with Crippen LogP contribution in [0.25, 0.3) is 0 Å². The Morgan fingerprint density at radius 2 is 1.74 bits per heavy atom. The summed E-state index contributed by atoms with van der Waals surface area (Å²) in [6.07, 6.45) is 0.884. The molecule has 0 unspecified atom stereocenters. The molecule has 0 saturated carbocycles. The highest BCUT2D eigenvalue weighted by atomic mass is 16.5. The van der Waals surface area contributed by atoms with Crippen molar-refractivity contribution in [1.82, 2.24) is 0 Å². The monoisotopic (exact) mass is 254 g/mol. The molecule has 0 bridgehead atoms. The molecule has 0 heterocycles. The lowest BCUT2D eigenvalue weighted by Crippen LogP contribution is -2.01. The van der Waals surface area contributed by atoms with E-state index >= 15 is 0 Å². The summed E-state index contributed by atoms with van der Waals surface area (Å²) in [5.74, 6) is -0.293. The molecule has 0 aliphatic rings. The molecule has 0 aromatic heterocycles. The molecule has 0 radical (unpaired) electrons. The van der Waals surface area contributed by atoms with Crippen molar-refractivity contribution in [3.8, 4) is 0 Å². The zero-order valence-electron chi connectivity index (χ0n) is 11.6. The smallest absolute Gasteiger partial charge is 0.337 e. The van der Waals surface area contributed by atoms with Crippen molar-refractivity contribution in [2.75, 3.05) is 7.11 Å². The molecule has 0 saturated heterocycles. The van der Waals surface area contributed by atoms with E-state index in [0.29, 0.717) is 5.56 Å². The van der Waals surface area contributed by atoms with Crippen molar-refractivity contribution in [2.24, 2.45) is 0 Å². The number of carbonyl (C=O) groups is 1. The predicted molar refractivity (Wildman–Crippen MR) is 76.5 cm³/mol. The summed E-state index contributed by atoms with van der Waals surface area (Å²) in [7, 11) is 1.40. The van der Waals surface area contributed by atoms with E-state index in [0.717, 1.165) is 6.42 Å². The van der Waals surface area contributed by atoms with Crippen LogP contribution in [0.1, 0.15) is 32.6 Å². The average molecular weight is 254 g/mol. The Hall–Kier alpha value is -2.09. The second-order valence-electron chi connectivity index (χ2n) is 4.80. The lowest BCUT2D eigenvalue weighted by atomic mass is 9.98. The lowest BCUT2D eigenvalue weighted by Gasteiger charge is -2.08. The van der Waals surface area contributed by atoms with Crippen LogP contribution < -0.4 is 0 Å². The van der Waals surface area contributed by atoms with Crippen LogP contribution in [0.4, 0.5) is 0 Å². The van der Waals surface area contributed by atoms with Gasteiger partial charge >= 0.3 is 5.97 Å². The van der Waals surface area contributed by atoms with E-state index in [1.54, 1.807) is 0 Å². The number of methoxy groups -OCH3 is 1. The Balaban J connectivity index is 2.19. The minimum Gasteiger partial charge on any atom is -0.465 e. The molecule has 0 aliphatic carbocycles. The molecule has 2 aromatic rings. The van der Waals surface area contributed by atoms with Crippen LogP contribution in [-0.4, -0.2) is 13.1 Å². The van der Waals surface area contributed by atoms with Crippen LogP contribution in [0.15, 0.2) is 42.5 Å². The van der Waals surface area contributed by atoms with E-state index in [-0.39, 0.29) is 5.97 Å². The van der Waals surface area contributed by atoms with Gasteiger partial charge in [0.1, 0.15) is 0 Å². The van der Waals surface area contributed by atoms with Crippen molar-refractivity contribution < 1.29 is 9.53 Å². The van der Waals surface area contributed by atoms with Gasteiger partial charge in [0.15, 0.2) is 0 Å². The second-order valence-corrected chi connectivity index (χ2v) is 4.80. The van der Waals surface area contributed by atoms with Gasteiger partial charge in [0.2, 0.25) is 0 Å². The van der Waals surface area contributed by atoms with Crippen LogP contribution in [0.3, 0.4) is 0 Å². The zero-order chi connectivity index (χ0) is 13.8. The topological polar surface area (TPSA) is 26.3 Å². The molecule has 2 nitrogen and oxygen atoms in total. The van der Waals surface area contributed by atoms with Gasteiger partial charge in [-0.25, -0.2) is 4.79 Å². The van der Waals surface area contributed by atoms with Crippen LogP contribution in [0, 0.1) is 13.8 Å². The second kappa shape index (κ2) is 5.70. The van der Waals surface area contributed by atoms with Crippen molar-refractivity contribution in [3.63, 3.8) is 0 Å². The van der Waals surface area contributed by atoms with Crippen LogP contribution in [0.2, 0.25) is 0 Å². The van der Waals surface area contributed by atoms with Gasteiger partial charge in [-0.1, -0.05) is 35.9 Å². The van der Waals surface area contributed by atoms with Gasteiger partial charge in [-0.2, -0.15) is 0 Å².